The number of H-pyrrole nitrogens is 1. The fourth-order valence-corrected chi connectivity index (χ4v) is 4.66. The number of rotatable bonds is 5. The summed E-state index contributed by atoms with van der Waals surface area (Å²) in [5.74, 6) is 0.727. The first-order valence-electron chi connectivity index (χ1n) is 11.3. The van der Waals surface area contributed by atoms with Crippen LogP contribution in [-0.2, 0) is 9.53 Å². The van der Waals surface area contributed by atoms with Crippen LogP contribution in [0.1, 0.15) is 68.7 Å². The maximum atomic E-state index is 12.6. The SMILES string of the molecule is CC(=O)N1CCC(c2cccc([C@H](C)Nc3nc(=O)n(C4CCOCC4)c(=O)[nH]3)c2)CC1. The summed E-state index contributed by atoms with van der Waals surface area (Å²) in [5.41, 5.74) is 1.31. The lowest BCUT2D eigenvalue weighted by Gasteiger charge is -2.31. The van der Waals surface area contributed by atoms with Crippen LogP contribution in [0.15, 0.2) is 33.9 Å². The summed E-state index contributed by atoms with van der Waals surface area (Å²) in [6, 6.07) is 8.01. The van der Waals surface area contributed by atoms with E-state index in [1.807, 2.05) is 24.0 Å². The number of carbonyl (C=O) groups is 1. The Kier molecular flexibility index (Phi) is 6.74. The van der Waals surface area contributed by atoms with Crippen molar-refractivity contribution in [2.24, 2.45) is 0 Å². The van der Waals surface area contributed by atoms with Crippen molar-refractivity contribution in [1.29, 1.82) is 0 Å². The molecule has 0 aliphatic carbocycles. The van der Waals surface area contributed by atoms with E-state index >= 15 is 0 Å². The van der Waals surface area contributed by atoms with Gasteiger partial charge in [-0.25, -0.2) is 14.2 Å². The Morgan fingerprint density at radius 3 is 2.56 bits per heavy atom. The van der Waals surface area contributed by atoms with Gasteiger partial charge in [0.25, 0.3) is 0 Å². The molecule has 2 fully saturated rings. The monoisotopic (exact) mass is 441 g/mol. The van der Waals surface area contributed by atoms with Crippen molar-refractivity contribution in [3.05, 3.63) is 56.4 Å². The standard InChI is InChI=1S/C23H31N5O4/c1-15(18-4-3-5-19(14-18)17-6-10-27(11-7-17)16(2)29)24-21-25-22(30)28(23(31)26-21)20-8-12-32-13-9-20/h3-5,14-15,17,20H,6-13H2,1-2H3,(H2,24,25,26,30,31)/t15-/m0/s1. The Labute approximate surface area is 186 Å². The summed E-state index contributed by atoms with van der Waals surface area (Å²) in [5, 5.41) is 3.16. The molecule has 172 valence electrons. The van der Waals surface area contributed by atoms with Crippen LogP contribution in [0, 0.1) is 0 Å². The zero-order chi connectivity index (χ0) is 22.7. The molecule has 9 nitrogen and oxygen atoms in total. The third-order valence-corrected chi connectivity index (χ3v) is 6.59. The second kappa shape index (κ2) is 9.68. The Morgan fingerprint density at radius 2 is 1.91 bits per heavy atom. The number of piperidine rings is 1. The Balaban J connectivity index is 1.46. The molecule has 1 amide bonds. The normalized spacial score (nSPS) is 19.0. The molecule has 3 heterocycles. The van der Waals surface area contributed by atoms with Crippen LogP contribution in [0.3, 0.4) is 0 Å². The van der Waals surface area contributed by atoms with Crippen LogP contribution in [0.25, 0.3) is 0 Å². The van der Waals surface area contributed by atoms with Gasteiger partial charge in [0.1, 0.15) is 0 Å². The molecule has 2 N–H and O–H groups in total. The first-order valence-corrected chi connectivity index (χ1v) is 11.3. The van der Waals surface area contributed by atoms with Gasteiger partial charge in [0.15, 0.2) is 0 Å². The fourth-order valence-electron chi connectivity index (χ4n) is 4.66. The van der Waals surface area contributed by atoms with Gasteiger partial charge >= 0.3 is 11.4 Å². The molecule has 1 aromatic heterocycles. The number of anilines is 1. The molecule has 0 unspecified atom stereocenters. The van der Waals surface area contributed by atoms with E-state index < -0.39 is 11.4 Å². The Hall–Kier alpha value is -2.94. The molecule has 2 aliphatic heterocycles. The number of nitrogens with zero attached hydrogens (tertiary/aromatic N) is 3. The van der Waals surface area contributed by atoms with Gasteiger partial charge in [-0.1, -0.05) is 24.3 Å². The number of nitrogens with one attached hydrogen (secondary N) is 2. The van der Waals surface area contributed by atoms with Crippen LogP contribution in [-0.4, -0.2) is 51.6 Å². The van der Waals surface area contributed by atoms with Crippen LogP contribution >= 0.6 is 0 Å². The summed E-state index contributed by atoms with van der Waals surface area (Å²) in [7, 11) is 0. The molecule has 2 aromatic rings. The van der Waals surface area contributed by atoms with E-state index in [0.29, 0.717) is 32.0 Å². The number of hydrogen-bond acceptors (Lipinski definition) is 6. The molecular formula is C23H31N5O4. The molecule has 32 heavy (non-hydrogen) atoms. The minimum absolute atomic E-state index is 0.134. The average molecular weight is 442 g/mol. The van der Waals surface area contributed by atoms with Crippen molar-refractivity contribution in [2.75, 3.05) is 31.6 Å². The van der Waals surface area contributed by atoms with E-state index in [-0.39, 0.29) is 23.9 Å². The van der Waals surface area contributed by atoms with Gasteiger partial charge < -0.3 is 15.0 Å². The van der Waals surface area contributed by atoms with Crippen LogP contribution in [0.5, 0.6) is 0 Å². The predicted molar refractivity (Wildman–Crippen MR) is 121 cm³/mol. The number of likely N-dealkylation sites (tertiary alicyclic amines) is 1. The van der Waals surface area contributed by atoms with E-state index in [4.69, 9.17) is 4.74 Å². The zero-order valence-electron chi connectivity index (χ0n) is 18.7. The van der Waals surface area contributed by atoms with Gasteiger partial charge in [0, 0.05) is 39.3 Å². The van der Waals surface area contributed by atoms with Gasteiger partial charge in [0.05, 0.1) is 6.04 Å². The van der Waals surface area contributed by atoms with Gasteiger partial charge in [-0.15, -0.1) is 0 Å². The van der Waals surface area contributed by atoms with Gasteiger partial charge in [-0.05, 0) is 49.7 Å². The van der Waals surface area contributed by atoms with Gasteiger partial charge in [-0.3, -0.25) is 9.78 Å². The van der Waals surface area contributed by atoms with E-state index in [2.05, 4.69) is 27.4 Å². The minimum atomic E-state index is -0.540. The third kappa shape index (κ3) is 4.93. The molecule has 0 bridgehead atoms. The number of carbonyl (C=O) groups excluding carboxylic acids is 1. The quantitative estimate of drug-likeness (QED) is 0.736. The molecule has 0 saturated carbocycles. The fraction of sp³-hybridized carbons (Fsp3) is 0.565. The highest BCUT2D eigenvalue weighted by atomic mass is 16.5. The number of hydrogen-bond donors (Lipinski definition) is 2. The van der Waals surface area contributed by atoms with E-state index in [1.165, 1.54) is 10.1 Å². The lowest BCUT2D eigenvalue weighted by molar-refractivity contribution is -0.129. The van der Waals surface area contributed by atoms with Crippen molar-refractivity contribution in [1.82, 2.24) is 19.4 Å². The average Bonchev–Trinajstić information content (AvgIpc) is 2.79. The second-order valence-electron chi connectivity index (χ2n) is 8.70. The van der Waals surface area contributed by atoms with Crippen molar-refractivity contribution < 1.29 is 9.53 Å². The molecule has 2 aliphatic rings. The summed E-state index contributed by atoms with van der Waals surface area (Å²) < 4.78 is 6.52. The van der Waals surface area contributed by atoms with E-state index in [9.17, 15) is 14.4 Å². The topological polar surface area (TPSA) is 109 Å². The first-order chi connectivity index (χ1) is 15.4. The second-order valence-corrected chi connectivity index (χ2v) is 8.70. The summed E-state index contributed by atoms with van der Waals surface area (Å²) in [4.78, 5) is 45.4. The summed E-state index contributed by atoms with van der Waals surface area (Å²) >= 11 is 0. The van der Waals surface area contributed by atoms with E-state index in [0.717, 1.165) is 31.5 Å². The van der Waals surface area contributed by atoms with Crippen molar-refractivity contribution >= 4 is 11.9 Å². The van der Waals surface area contributed by atoms with Crippen LogP contribution in [0.2, 0.25) is 0 Å². The summed E-state index contributed by atoms with van der Waals surface area (Å²) in [6.45, 7) is 6.24. The molecule has 2 saturated heterocycles. The molecular weight excluding hydrogens is 410 g/mol. The number of aromatic amines is 1. The highest BCUT2D eigenvalue weighted by molar-refractivity contribution is 5.73. The number of amides is 1. The lowest BCUT2D eigenvalue weighted by atomic mass is 9.88. The molecule has 4 rings (SSSR count). The largest absolute Gasteiger partial charge is 0.381 e. The van der Waals surface area contributed by atoms with Crippen LogP contribution < -0.4 is 16.7 Å². The Bertz CT molecular complexity index is 1030. The maximum Gasteiger partial charge on any atom is 0.355 e. The highest BCUT2D eigenvalue weighted by Crippen LogP contribution is 2.30. The minimum Gasteiger partial charge on any atom is -0.381 e. The molecule has 9 heteroatoms. The van der Waals surface area contributed by atoms with Crippen LogP contribution in [0.4, 0.5) is 5.95 Å². The number of benzene rings is 1. The third-order valence-electron chi connectivity index (χ3n) is 6.59. The zero-order valence-corrected chi connectivity index (χ0v) is 18.7. The van der Waals surface area contributed by atoms with Crippen molar-refractivity contribution in [3.63, 3.8) is 0 Å². The maximum absolute atomic E-state index is 12.6. The highest BCUT2D eigenvalue weighted by Gasteiger charge is 2.23. The molecule has 1 aromatic carbocycles. The number of aromatic nitrogens is 3. The molecule has 0 radical (unpaired) electrons. The molecule has 1 atom stereocenters. The first kappa shape index (κ1) is 22.3. The predicted octanol–water partition coefficient (Wildman–Crippen LogP) is 2.18. The Morgan fingerprint density at radius 1 is 1.19 bits per heavy atom. The van der Waals surface area contributed by atoms with Gasteiger partial charge in [0.2, 0.25) is 11.9 Å². The van der Waals surface area contributed by atoms with Gasteiger partial charge in [-0.2, -0.15) is 4.98 Å². The molecule has 0 spiro atoms. The van der Waals surface area contributed by atoms with Crippen molar-refractivity contribution in [3.8, 4) is 0 Å². The smallest absolute Gasteiger partial charge is 0.355 e. The number of ether oxygens (including phenoxy) is 1. The van der Waals surface area contributed by atoms with Crippen molar-refractivity contribution in [2.45, 2.75) is 57.5 Å². The van der Waals surface area contributed by atoms with E-state index in [1.54, 1.807) is 6.92 Å². The summed E-state index contributed by atoms with van der Waals surface area (Å²) in [6.07, 6.45) is 3.16. The lowest BCUT2D eigenvalue weighted by Crippen LogP contribution is -2.42.